The van der Waals surface area contributed by atoms with E-state index in [2.05, 4.69) is 52.8 Å². The average Bonchev–Trinajstić information content (AvgIpc) is 2.67. The van der Waals surface area contributed by atoms with E-state index in [0.717, 1.165) is 16.9 Å². The van der Waals surface area contributed by atoms with Crippen molar-refractivity contribution < 1.29 is 4.39 Å². The van der Waals surface area contributed by atoms with Gasteiger partial charge in [-0.3, -0.25) is 0 Å². The van der Waals surface area contributed by atoms with Crippen LogP contribution in [0.5, 0.6) is 0 Å². The lowest BCUT2D eigenvalue weighted by molar-refractivity contribution is 0.423. The number of halogens is 1. The molecule has 0 bridgehead atoms. The van der Waals surface area contributed by atoms with Crippen LogP contribution in [-0.2, 0) is 12.0 Å². The highest BCUT2D eigenvalue weighted by Gasteiger charge is 2.22. The molecule has 1 aromatic carbocycles. The van der Waals surface area contributed by atoms with Crippen molar-refractivity contribution in [2.75, 3.05) is 6.67 Å². The molecule has 2 rings (SSSR count). The second kappa shape index (κ2) is 4.95. The number of hydrogen-bond donors (Lipinski definition) is 0. The van der Waals surface area contributed by atoms with E-state index >= 15 is 0 Å². The summed E-state index contributed by atoms with van der Waals surface area (Å²) in [6.45, 7) is 10.7. The van der Waals surface area contributed by atoms with E-state index < -0.39 is 0 Å². The predicted octanol–water partition coefficient (Wildman–Crippen LogP) is 4.43. The number of hydrogen-bond acceptors (Lipinski definition) is 1. The van der Waals surface area contributed by atoms with Crippen LogP contribution in [0.15, 0.2) is 18.2 Å². The molecule has 0 amide bonds. The van der Waals surface area contributed by atoms with Gasteiger partial charge in [0, 0.05) is 5.41 Å². The third kappa shape index (κ3) is 2.65. The van der Waals surface area contributed by atoms with Crippen LogP contribution in [0.2, 0.25) is 0 Å². The summed E-state index contributed by atoms with van der Waals surface area (Å²) in [6, 6.07) is 6.32. The number of rotatable bonds is 3. The fourth-order valence-corrected chi connectivity index (χ4v) is 2.39. The third-order valence-corrected chi connectivity index (χ3v) is 3.42. The van der Waals surface area contributed by atoms with Crippen LogP contribution in [0.25, 0.3) is 11.0 Å². The Hall–Kier alpha value is -1.38. The Balaban J connectivity index is 2.65. The van der Waals surface area contributed by atoms with Crippen LogP contribution < -0.4 is 0 Å². The topological polar surface area (TPSA) is 17.8 Å². The maximum absolute atomic E-state index is 12.8. The summed E-state index contributed by atoms with van der Waals surface area (Å²) in [5.41, 5.74) is 3.21. The molecule has 2 nitrogen and oxygen atoms in total. The summed E-state index contributed by atoms with van der Waals surface area (Å²) in [7, 11) is 0. The first-order chi connectivity index (χ1) is 8.84. The maximum Gasteiger partial charge on any atom is 0.115 e. The van der Waals surface area contributed by atoms with Gasteiger partial charge in [0.1, 0.15) is 12.5 Å². The number of alkyl halides is 1. The Morgan fingerprint density at radius 2 is 1.95 bits per heavy atom. The molecule has 104 valence electrons. The molecule has 1 aromatic heterocycles. The van der Waals surface area contributed by atoms with E-state index in [1.807, 2.05) is 4.57 Å². The van der Waals surface area contributed by atoms with Crippen LogP contribution in [0, 0.1) is 0 Å². The van der Waals surface area contributed by atoms with Gasteiger partial charge in [0.05, 0.1) is 17.6 Å². The lowest BCUT2D eigenvalue weighted by Crippen LogP contribution is -2.19. The zero-order valence-electron chi connectivity index (χ0n) is 12.5. The van der Waals surface area contributed by atoms with Crippen molar-refractivity contribution in [2.24, 2.45) is 0 Å². The molecule has 3 heteroatoms. The molecule has 0 saturated carbocycles. The molecule has 0 spiro atoms. The number of fused-ring (bicyclic) bond motifs is 1. The molecule has 0 N–H and O–H groups in total. The summed E-state index contributed by atoms with van der Waals surface area (Å²) >= 11 is 0. The molecule has 0 aliphatic rings. The SMILES string of the molecule is CC(C)c1ccc2c(c1)nc(C(C)(C)C)n2CCF. The van der Waals surface area contributed by atoms with Crippen LogP contribution in [-0.4, -0.2) is 16.2 Å². The van der Waals surface area contributed by atoms with Gasteiger partial charge in [-0.15, -0.1) is 0 Å². The maximum atomic E-state index is 12.8. The first-order valence-corrected chi connectivity index (χ1v) is 6.91. The largest absolute Gasteiger partial charge is 0.325 e. The first kappa shape index (κ1) is 14.0. The Morgan fingerprint density at radius 3 is 2.47 bits per heavy atom. The van der Waals surface area contributed by atoms with Crippen LogP contribution in [0.4, 0.5) is 4.39 Å². The van der Waals surface area contributed by atoms with E-state index in [4.69, 9.17) is 4.98 Å². The van der Waals surface area contributed by atoms with Crippen LogP contribution in [0.3, 0.4) is 0 Å². The summed E-state index contributed by atoms with van der Waals surface area (Å²) in [5, 5.41) is 0. The molecule has 0 fully saturated rings. The minimum Gasteiger partial charge on any atom is -0.325 e. The van der Waals surface area contributed by atoms with E-state index in [0.29, 0.717) is 12.5 Å². The smallest absolute Gasteiger partial charge is 0.115 e. The predicted molar refractivity (Wildman–Crippen MR) is 78.5 cm³/mol. The van der Waals surface area contributed by atoms with Gasteiger partial charge in [0.2, 0.25) is 0 Å². The third-order valence-electron chi connectivity index (χ3n) is 3.42. The van der Waals surface area contributed by atoms with E-state index in [9.17, 15) is 4.39 Å². The number of aromatic nitrogens is 2. The molecule has 0 aliphatic heterocycles. The Kier molecular flexibility index (Phi) is 3.66. The monoisotopic (exact) mass is 262 g/mol. The minimum atomic E-state index is -0.361. The van der Waals surface area contributed by atoms with E-state index in [1.54, 1.807) is 0 Å². The van der Waals surface area contributed by atoms with E-state index in [-0.39, 0.29) is 12.1 Å². The molecule has 19 heavy (non-hydrogen) atoms. The summed E-state index contributed by atoms with van der Waals surface area (Å²) in [5.74, 6) is 1.44. The highest BCUT2D eigenvalue weighted by Crippen LogP contribution is 2.28. The average molecular weight is 262 g/mol. The molecular weight excluding hydrogens is 239 g/mol. The Labute approximate surface area is 114 Å². The molecule has 0 radical (unpaired) electrons. The van der Waals surface area contributed by atoms with E-state index in [1.165, 1.54) is 5.56 Å². The number of benzene rings is 1. The van der Waals surface area contributed by atoms with Crippen molar-refractivity contribution >= 4 is 11.0 Å². The van der Waals surface area contributed by atoms with Gasteiger partial charge in [0.15, 0.2) is 0 Å². The van der Waals surface area contributed by atoms with Crippen molar-refractivity contribution in [2.45, 2.75) is 52.5 Å². The van der Waals surface area contributed by atoms with Crippen LogP contribution in [0.1, 0.15) is 51.9 Å². The second-order valence-corrected chi connectivity index (χ2v) is 6.43. The molecule has 1 heterocycles. The van der Waals surface area contributed by atoms with Crippen molar-refractivity contribution in [3.05, 3.63) is 29.6 Å². The Morgan fingerprint density at radius 1 is 1.26 bits per heavy atom. The summed E-state index contributed by atoms with van der Waals surface area (Å²) < 4.78 is 14.8. The van der Waals surface area contributed by atoms with Crippen molar-refractivity contribution in [3.8, 4) is 0 Å². The second-order valence-electron chi connectivity index (χ2n) is 6.43. The molecular formula is C16H23FN2. The normalized spacial score (nSPS) is 12.6. The van der Waals surface area contributed by atoms with Gasteiger partial charge in [-0.2, -0.15) is 0 Å². The lowest BCUT2D eigenvalue weighted by Gasteiger charge is -2.19. The highest BCUT2D eigenvalue weighted by atomic mass is 19.1. The molecule has 0 unspecified atom stereocenters. The minimum absolute atomic E-state index is 0.0772. The highest BCUT2D eigenvalue weighted by molar-refractivity contribution is 5.77. The number of nitrogens with zero attached hydrogens (tertiary/aromatic N) is 2. The van der Waals surface area contributed by atoms with Gasteiger partial charge < -0.3 is 4.57 Å². The lowest BCUT2D eigenvalue weighted by atomic mass is 9.96. The van der Waals surface area contributed by atoms with Gasteiger partial charge in [-0.1, -0.05) is 40.7 Å². The van der Waals surface area contributed by atoms with Gasteiger partial charge in [-0.05, 0) is 23.6 Å². The van der Waals surface area contributed by atoms with Gasteiger partial charge >= 0.3 is 0 Å². The van der Waals surface area contributed by atoms with Crippen molar-refractivity contribution in [1.82, 2.24) is 9.55 Å². The zero-order chi connectivity index (χ0) is 14.2. The quantitative estimate of drug-likeness (QED) is 0.800. The first-order valence-electron chi connectivity index (χ1n) is 6.91. The standard InChI is InChI=1S/C16H23FN2/c1-11(2)12-6-7-14-13(10-12)18-15(16(3,4)5)19(14)9-8-17/h6-7,10-11H,8-9H2,1-5H3. The van der Waals surface area contributed by atoms with Gasteiger partial charge in [0.25, 0.3) is 0 Å². The van der Waals surface area contributed by atoms with Crippen molar-refractivity contribution in [3.63, 3.8) is 0 Å². The Bertz CT molecular complexity index is 576. The zero-order valence-corrected chi connectivity index (χ0v) is 12.5. The molecule has 2 aromatic rings. The molecule has 0 aliphatic carbocycles. The summed E-state index contributed by atoms with van der Waals surface area (Å²) in [6.07, 6.45) is 0. The van der Waals surface area contributed by atoms with Crippen molar-refractivity contribution in [1.29, 1.82) is 0 Å². The van der Waals surface area contributed by atoms with Crippen LogP contribution >= 0.6 is 0 Å². The van der Waals surface area contributed by atoms with Gasteiger partial charge in [-0.25, -0.2) is 9.37 Å². The number of aryl methyl sites for hydroxylation is 1. The summed E-state index contributed by atoms with van der Waals surface area (Å²) in [4.78, 5) is 4.74. The molecule has 0 saturated heterocycles. The fraction of sp³-hybridized carbons (Fsp3) is 0.562. The fourth-order valence-electron chi connectivity index (χ4n) is 2.39. The molecule has 0 atom stereocenters. The number of imidazole rings is 1.